The summed E-state index contributed by atoms with van der Waals surface area (Å²) < 4.78 is 4.79. The largest absolute Gasteiger partial charge is 0.463 e. The average molecular weight is 340 g/mol. The van der Waals surface area contributed by atoms with Gasteiger partial charge in [0.25, 0.3) is 0 Å². The molecular weight excluding hydrogens is 318 g/mol. The number of carbonyl (C=O) groups excluding carboxylic acids is 2. The number of nitrogens with one attached hydrogen (secondary N) is 2. The van der Waals surface area contributed by atoms with Gasteiger partial charge >= 0.3 is 5.97 Å². The summed E-state index contributed by atoms with van der Waals surface area (Å²) in [5.74, 6) is 0.0814. The van der Waals surface area contributed by atoms with Crippen molar-refractivity contribution in [2.24, 2.45) is 5.92 Å². The third kappa shape index (κ3) is 7.15. The number of carbonyl (C=O) groups is 2. The Hall–Kier alpha value is -2.08. The number of ether oxygens (including phenoxy) is 1. The third-order valence-electron chi connectivity index (χ3n) is 2.80. The van der Waals surface area contributed by atoms with Crippen molar-refractivity contribution in [3.05, 3.63) is 28.9 Å². The molecule has 6 nitrogen and oxygen atoms in total. The highest BCUT2D eigenvalue weighted by molar-refractivity contribution is 6.33. The summed E-state index contributed by atoms with van der Waals surface area (Å²) in [6, 6.07) is 1.69. The van der Waals surface area contributed by atoms with E-state index in [1.54, 1.807) is 25.3 Å². The fourth-order valence-corrected chi connectivity index (χ4v) is 1.84. The van der Waals surface area contributed by atoms with Crippen LogP contribution in [0.5, 0.6) is 0 Å². The fraction of sp³-hybridized carbons (Fsp3) is 0.438. The van der Waals surface area contributed by atoms with Gasteiger partial charge in [0.2, 0.25) is 5.91 Å². The first-order valence-electron chi connectivity index (χ1n) is 7.46. The Kier molecular flexibility index (Phi) is 8.11. The predicted molar refractivity (Wildman–Crippen MR) is 91.3 cm³/mol. The maximum Gasteiger partial charge on any atom is 0.330 e. The van der Waals surface area contributed by atoms with Crippen LogP contribution in [0.1, 0.15) is 26.3 Å². The minimum Gasteiger partial charge on any atom is -0.463 e. The normalized spacial score (nSPS) is 10.8. The quantitative estimate of drug-likeness (QED) is 0.432. The van der Waals surface area contributed by atoms with E-state index in [1.165, 1.54) is 6.08 Å². The van der Waals surface area contributed by atoms with Crippen LogP contribution in [0.2, 0.25) is 5.02 Å². The van der Waals surface area contributed by atoms with Gasteiger partial charge in [0, 0.05) is 31.3 Å². The van der Waals surface area contributed by atoms with E-state index in [1.807, 2.05) is 13.8 Å². The van der Waals surface area contributed by atoms with E-state index in [-0.39, 0.29) is 11.8 Å². The van der Waals surface area contributed by atoms with Crippen LogP contribution in [-0.2, 0) is 14.3 Å². The van der Waals surface area contributed by atoms with E-state index < -0.39 is 5.97 Å². The minimum absolute atomic E-state index is 0.00491. The molecule has 0 radical (unpaired) electrons. The summed E-state index contributed by atoms with van der Waals surface area (Å²) in [5, 5.41) is 6.28. The average Bonchev–Trinajstić information content (AvgIpc) is 2.51. The van der Waals surface area contributed by atoms with Gasteiger partial charge in [0.15, 0.2) is 0 Å². The van der Waals surface area contributed by atoms with Gasteiger partial charge in [-0.05, 0) is 24.6 Å². The van der Waals surface area contributed by atoms with E-state index in [9.17, 15) is 9.59 Å². The number of hydrogen-bond acceptors (Lipinski definition) is 5. The van der Waals surface area contributed by atoms with Crippen LogP contribution in [0.15, 0.2) is 18.3 Å². The highest BCUT2D eigenvalue weighted by atomic mass is 35.5. The number of pyridine rings is 1. The van der Waals surface area contributed by atoms with Gasteiger partial charge in [0.1, 0.15) is 5.82 Å². The molecule has 0 aliphatic rings. The topological polar surface area (TPSA) is 80.3 Å². The fourth-order valence-electron chi connectivity index (χ4n) is 1.60. The summed E-state index contributed by atoms with van der Waals surface area (Å²) in [6.07, 6.45) is 4.51. The van der Waals surface area contributed by atoms with E-state index in [2.05, 4.69) is 15.6 Å². The second kappa shape index (κ2) is 9.84. The van der Waals surface area contributed by atoms with E-state index in [0.29, 0.717) is 36.1 Å². The lowest BCUT2D eigenvalue weighted by Crippen LogP contribution is -2.32. The first-order valence-corrected chi connectivity index (χ1v) is 7.83. The molecule has 1 aromatic rings. The zero-order valence-electron chi connectivity index (χ0n) is 13.6. The lowest BCUT2D eigenvalue weighted by molar-refractivity contribution is -0.137. The number of aromatic nitrogens is 1. The Morgan fingerprint density at radius 2 is 2.13 bits per heavy atom. The van der Waals surface area contributed by atoms with Gasteiger partial charge in [-0.2, -0.15) is 0 Å². The van der Waals surface area contributed by atoms with Crippen molar-refractivity contribution in [1.29, 1.82) is 0 Å². The number of nitrogens with zero attached hydrogens (tertiary/aromatic N) is 1. The lowest BCUT2D eigenvalue weighted by Gasteiger charge is -2.10. The second-order valence-electron chi connectivity index (χ2n) is 5.06. The maximum absolute atomic E-state index is 11.4. The molecule has 0 aliphatic carbocycles. The standard InChI is InChI=1S/C16H22ClN3O3/c1-4-23-14(21)6-5-12-9-13(17)15(20-10-12)18-7-8-19-16(22)11(2)3/h5-6,9-11H,4,7-8H2,1-3H3,(H,18,20)(H,19,22). The summed E-state index contributed by atoms with van der Waals surface area (Å²) >= 11 is 6.14. The number of anilines is 1. The Morgan fingerprint density at radius 1 is 1.39 bits per heavy atom. The van der Waals surface area contributed by atoms with Crippen molar-refractivity contribution < 1.29 is 14.3 Å². The zero-order valence-corrected chi connectivity index (χ0v) is 14.3. The van der Waals surface area contributed by atoms with Crippen LogP contribution in [0.25, 0.3) is 6.08 Å². The van der Waals surface area contributed by atoms with Crippen molar-refractivity contribution in [3.8, 4) is 0 Å². The molecule has 0 fully saturated rings. The molecule has 0 bridgehead atoms. The monoisotopic (exact) mass is 339 g/mol. The molecule has 7 heteroatoms. The van der Waals surface area contributed by atoms with Crippen LogP contribution in [-0.4, -0.2) is 36.6 Å². The molecule has 0 saturated carbocycles. The van der Waals surface area contributed by atoms with Gasteiger partial charge in [-0.3, -0.25) is 4.79 Å². The zero-order chi connectivity index (χ0) is 17.2. The van der Waals surface area contributed by atoms with E-state index in [0.717, 1.165) is 0 Å². The third-order valence-corrected chi connectivity index (χ3v) is 3.09. The van der Waals surface area contributed by atoms with Crippen molar-refractivity contribution in [3.63, 3.8) is 0 Å². The molecule has 0 saturated heterocycles. The molecule has 23 heavy (non-hydrogen) atoms. The number of amides is 1. The van der Waals surface area contributed by atoms with Crippen molar-refractivity contribution in [2.45, 2.75) is 20.8 Å². The van der Waals surface area contributed by atoms with Gasteiger partial charge in [-0.15, -0.1) is 0 Å². The van der Waals surface area contributed by atoms with Crippen molar-refractivity contribution in [1.82, 2.24) is 10.3 Å². The van der Waals surface area contributed by atoms with Crippen LogP contribution < -0.4 is 10.6 Å². The lowest BCUT2D eigenvalue weighted by atomic mass is 10.2. The molecule has 0 aromatic carbocycles. The Morgan fingerprint density at radius 3 is 2.74 bits per heavy atom. The highest BCUT2D eigenvalue weighted by Gasteiger charge is 2.06. The van der Waals surface area contributed by atoms with Crippen LogP contribution in [0.3, 0.4) is 0 Å². The molecule has 0 aliphatic heterocycles. The molecule has 0 atom stereocenters. The molecule has 1 rings (SSSR count). The van der Waals surface area contributed by atoms with Crippen LogP contribution in [0.4, 0.5) is 5.82 Å². The SMILES string of the molecule is CCOC(=O)C=Cc1cnc(NCCNC(=O)C(C)C)c(Cl)c1. The summed E-state index contributed by atoms with van der Waals surface area (Å²) in [5.41, 5.74) is 0.696. The molecule has 0 unspecified atom stereocenters. The molecule has 1 amide bonds. The van der Waals surface area contributed by atoms with Crippen LogP contribution >= 0.6 is 11.6 Å². The van der Waals surface area contributed by atoms with Crippen LogP contribution in [0, 0.1) is 5.92 Å². The smallest absolute Gasteiger partial charge is 0.330 e. The van der Waals surface area contributed by atoms with E-state index >= 15 is 0 Å². The van der Waals surface area contributed by atoms with Gasteiger partial charge < -0.3 is 15.4 Å². The predicted octanol–water partition coefficient (Wildman–Crippen LogP) is 2.50. The van der Waals surface area contributed by atoms with Crippen molar-refractivity contribution >= 4 is 35.4 Å². The minimum atomic E-state index is -0.410. The first-order chi connectivity index (χ1) is 10.9. The summed E-state index contributed by atoms with van der Waals surface area (Å²) in [7, 11) is 0. The molecule has 1 aromatic heterocycles. The number of hydrogen-bond donors (Lipinski definition) is 2. The second-order valence-corrected chi connectivity index (χ2v) is 5.46. The molecule has 126 valence electrons. The van der Waals surface area contributed by atoms with Gasteiger partial charge in [-0.1, -0.05) is 25.4 Å². The molecule has 2 N–H and O–H groups in total. The number of rotatable bonds is 8. The first kappa shape index (κ1) is 19.0. The summed E-state index contributed by atoms with van der Waals surface area (Å²) in [4.78, 5) is 26.8. The number of esters is 1. The molecule has 0 spiro atoms. The maximum atomic E-state index is 11.4. The Bertz CT molecular complexity index is 574. The Labute approximate surface area is 141 Å². The van der Waals surface area contributed by atoms with Gasteiger partial charge in [0.05, 0.1) is 11.6 Å². The highest BCUT2D eigenvalue weighted by Crippen LogP contribution is 2.20. The summed E-state index contributed by atoms with van der Waals surface area (Å²) in [6.45, 7) is 6.75. The molecule has 1 heterocycles. The Balaban J connectivity index is 2.50. The van der Waals surface area contributed by atoms with Crippen molar-refractivity contribution in [2.75, 3.05) is 25.0 Å². The van der Waals surface area contributed by atoms with E-state index in [4.69, 9.17) is 16.3 Å². The number of halogens is 1. The van der Waals surface area contributed by atoms with Gasteiger partial charge in [-0.25, -0.2) is 9.78 Å². The molecular formula is C16H22ClN3O3.